The molecule has 1 saturated heterocycles. The van der Waals surface area contributed by atoms with Crippen LogP contribution in [0.25, 0.3) is 0 Å². The van der Waals surface area contributed by atoms with Gasteiger partial charge in [-0.15, -0.1) is 0 Å². The van der Waals surface area contributed by atoms with E-state index in [9.17, 15) is 14.4 Å². The molecule has 3 N–H and O–H groups in total. The van der Waals surface area contributed by atoms with Crippen molar-refractivity contribution < 1.29 is 23.9 Å². The molecule has 9 heteroatoms. The summed E-state index contributed by atoms with van der Waals surface area (Å²) < 4.78 is 11.5. The highest BCUT2D eigenvalue weighted by Crippen LogP contribution is 2.31. The Bertz CT molecular complexity index is 975. The van der Waals surface area contributed by atoms with Crippen molar-refractivity contribution in [3.63, 3.8) is 0 Å². The fourth-order valence-electron chi connectivity index (χ4n) is 3.93. The number of piperazine rings is 1. The molecule has 1 fully saturated rings. The number of hydrogen-bond donors (Lipinski definition) is 2. The van der Waals surface area contributed by atoms with Gasteiger partial charge in [0.05, 0.1) is 0 Å². The van der Waals surface area contributed by atoms with Gasteiger partial charge in [0.15, 0.2) is 11.5 Å². The topological polar surface area (TPSA) is 114 Å². The van der Waals surface area contributed by atoms with Crippen LogP contribution in [0.1, 0.15) is 5.56 Å². The van der Waals surface area contributed by atoms with Gasteiger partial charge in [-0.2, -0.15) is 0 Å². The number of carbonyl (C=O) groups excluding carboxylic acids is 3. The number of amides is 4. The minimum atomic E-state index is -0.760. The number of benzene rings is 2. The third kappa shape index (κ3) is 4.93. The lowest BCUT2D eigenvalue weighted by Crippen LogP contribution is -2.58. The lowest BCUT2D eigenvalue weighted by Gasteiger charge is -2.38. The monoisotopic (exact) mass is 438 g/mol. The molecule has 4 amide bonds. The van der Waals surface area contributed by atoms with E-state index in [2.05, 4.69) is 5.32 Å². The first kappa shape index (κ1) is 21.5. The summed E-state index contributed by atoms with van der Waals surface area (Å²) in [6.07, 6.45) is -0.372. The summed E-state index contributed by atoms with van der Waals surface area (Å²) in [5.74, 6) is 0.791. The van der Waals surface area contributed by atoms with Gasteiger partial charge in [-0.3, -0.25) is 9.59 Å². The molecule has 168 valence electrons. The fourth-order valence-corrected chi connectivity index (χ4v) is 3.93. The van der Waals surface area contributed by atoms with E-state index >= 15 is 0 Å². The summed E-state index contributed by atoms with van der Waals surface area (Å²) in [7, 11) is 0. The van der Waals surface area contributed by atoms with Crippen molar-refractivity contribution in [1.82, 2.24) is 15.1 Å². The van der Waals surface area contributed by atoms with Gasteiger partial charge in [-0.05, 0) is 17.7 Å². The number of nitrogens with two attached hydrogens (primary N) is 1. The second-order valence-electron chi connectivity index (χ2n) is 7.77. The molecule has 2 aromatic carbocycles. The molecule has 2 atom stereocenters. The third-order valence-electron chi connectivity index (χ3n) is 5.58. The molecule has 4 rings (SSSR count). The van der Waals surface area contributed by atoms with E-state index in [0.29, 0.717) is 44.1 Å². The summed E-state index contributed by atoms with van der Waals surface area (Å²) in [6.45, 7) is 1.62. The molecule has 0 aromatic heterocycles. The van der Waals surface area contributed by atoms with Crippen LogP contribution >= 0.6 is 0 Å². The Hall–Kier alpha value is -3.75. The van der Waals surface area contributed by atoms with Gasteiger partial charge < -0.3 is 30.3 Å². The van der Waals surface area contributed by atoms with Crippen molar-refractivity contribution in [2.45, 2.75) is 18.6 Å². The van der Waals surface area contributed by atoms with Crippen LogP contribution in [0.4, 0.5) is 4.79 Å². The largest absolute Gasteiger partial charge is 0.485 e. The number of ether oxygens (including phenoxy) is 2. The highest BCUT2D eigenvalue weighted by molar-refractivity contribution is 5.87. The summed E-state index contributed by atoms with van der Waals surface area (Å²) in [4.78, 5) is 40.8. The Labute approximate surface area is 186 Å². The van der Waals surface area contributed by atoms with Gasteiger partial charge in [-0.1, -0.05) is 42.5 Å². The molecule has 0 radical (unpaired) electrons. The number of hydrogen-bond acceptors (Lipinski definition) is 5. The number of nitrogens with one attached hydrogen (secondary N) is 1. The van der Waals surface area contributed by atoms with Crippen molar-refractivity contribution >= 4 is 17.8 Å². The number of nitrogens with zero attached hydrogens (tertiary/aromatic N) is 2. The average Bonchev–Trinajstić information content (AvgIpc) is 2.83. The van der Waals surface area contributed by atoms with Gasteiger partial charge in [0.1, 0.15) is 12.6 Å². The van der Waals surface area contributed by atoms with Crippen LogP contribution in [0.2, 0.25) is 0 Å². The van der Waals surface area contributed by atoms with Crippen LogP contribution in [0.3, 0.4) is 0 Å². The van der Waals surface area contributed by atoms with E-state index in [0.717, 1.165) is 5.56 Å². The zero-order valence-corrected chi connectivity index (χ0v) is 17.6. The molecule has 0 saturated carbocycles. The number of fused-ring (bicyclic) bond motifs is 1. The minimum absolute atomic E-state index is 0.149. The summed E-state index contributed by atoms with van der Waals surface area (Å²) in [5, 5.41) is 2.55. The predicted molar refractivity (Wildman–Crippen MR) is 116 cm³/mol. The second-order valence-corrected chi connectivity index (χ2v) is 7.77. The lowest BCUT2D eigenvalue weighted by molar-refractivity contribution is -0.146. The van der Waals surface area contributed by atoms with Crippen molar-refractivity contribution in [2.24, 2.45) is 5.73 Å². The molecule has 2 heterocycles. The number of rotatable bonds is 5. The van der Waals surface area contributed by atoms with Gasteiger partial charge in [0.25, 0.3) is 5.91 Å². The Morgan fingerprint density at radius 2 is 1.56 bits per heavy atom. The highest BCUT2D eigenvalue weighted by Gasteiger charge is 2.34. The van der Waals surface area contributed by atoms with Crippen molar-refractivity contribution in [1.29, 1.82) is 0 Å². The van der Waals surface area contributed by atoms with Gasteiger partial charge in [-0.25, -0.2) is 4.79 Å². The van der Waals surface area contributed by atoms with Crippen LogP contribution in [0.15, 0.2) is 54.6 Å². The average molecular weight is 438 g/mol. The fraction of sp³-hybridized carbons (Fsp3) is 0.348. The SMILES string of the molecule is NC(=O)N[C@H](Cc1ccccc1)C(=O)N1CCN(C(=O)[C@@H]2COc3ccccc3O2)CC1. The van der Waals surface area contributed by atoms with Crippen LogP contribution in [-0.4, -0.2) is 72.6 Å². The smallest absolute Gasteiger partial charge is 0.312 e. The molecule has 32 heavy (non-hydrogen) atoms. The van der Waals surface area contributed by atoms with E-state index in [1.807, 2.05) is 42.5 Å². The van der Waals surface area contributed by atoms with E-state index in [4.69, 9.17) is 15.2 Å². The van der Waals surface area contributed by atoms with Gasteiger partial charge in [0, 0.05) is 32.6 Å². The Morgan fingerprint density at radius 3 is 2.25 bits per heavy atom. The Kier molecular flexibility index (Phi) is 6.44. The summed E-state index contributed by atoms with van der Waals surface area (Å²) in [6, 6.07) is 15.2. The van der Waals surface area contributed by atoms with Crippen LogP contribution in [-0.2, 0) is 16.0 Å². The maximum atomic E-state index is 13.1. The van der Waals surface area contributed by atoms with E-state index < -0.39 is 18.2 Å². The van der Waals surface area contributed by atoms with Gasteiger partial charge >= 0.3 is 6.03 Å². The summed E-state index contributed by atoms with van der Waals surface area (Å²) in [5.41, 5.74) is 6.21. The standard InChI is InChI=1S/C23H26N4O5/c24-23(30)25-17(14-16-6-2-1-3-7-16)21(28)26-10-12-27(13-11-26)22(29)20-15-31-18-8-4-5-9-19(18)32-20/h1-9,17,20H,10-15H2,(H3,24,25,30)/t17-,20+/m1/s1. The molecule has 0 aliphatic carbocycles. The number of primary amides is 1. The molecule has 0 spiro atoms. The van der Waals surface area contributed by atoms with Crippen molar-refractivity contribution in [3.8, 4) is 11.5 Å². The second kappa shape index (κ2) is 9.59. The molecule has 2 aliphatic rings. The quantitative estimate of drug-likeness (QED) is 0.716. The number of para-hydroxylation sites is 2. The number of urea groups is 1. The molecular formula is C23H26N4O5. The highest BCUT2D eigenvalue weighted by atomic mass is 16.6. The lowest BCUT2D eigenvalue weighted by atomic mass is 10.0. The Morgan fingerprint density at radius 1 is 0.938 bits per heavy atom. The van der Waals surface area contributed by atoms with Crippen molar-refractivity contribution in [2.75, 3.05) is 32.8 Å². The first-order valence-electron chi connectivity index (χ1n) is 10.6. The van der Waals surface area contributed by atoms with E-state index in [1.54, 1.807) is 21.9 Å². The van der Waals surface area contributed by atoms with E-state index in [1.165, 1.54) is 0 Å². The first-order chi connectivity index (χ1) is 15.5. The molecule has 9 nitrogen and oxygen atoms in total. The van der Waals surface area contributed by atoms with Crippen LogP contribution in [0.5, 0.6) is 11.5 Å². The maximum absolute atomic E-state index is 13.1. The molecular weight excluding hydrogens is 412 g/mol. The predicted octanol–water partition coefficient (Wildman–Crippen LogP) is 0.777. The summed E-state index contributed by atoms with van der Waals surface area (Å²) >= 11 is 0. The van der Waals surface area contributed by atoms with Crippen LogP contribution < -0.4 is 20.5 Å². The van der Waals surface area contributed by atoms with Crippen molar-refractivity contribution in [3.05, 3.63) is 60.2 Å². The molecule has 0 bridgehead atoms. The minimum Gasteiger partial charge on any atom is -0.485 e. The molecule has 0 unspecified atom stereocenters. The maximum Gasteiger partial charge on any atom is 0.312 e. The van der Waals surface area contributed by atoms with Gasteiger partial charge in [0.2, 0.25) is 12.0 Å². The molecule has 2 aliphatic heterocycles. The van der Waals surface area contributed by atoms with E-state index in [-0.39, 0.29) is 18.4 Å². The third-order valence-corrected chi connectivity index (χ3v) is 5.58. The normalized spacial score (nSPS) is 18.6. The first-order valence-corrected chi connectivity index (χ1v) is 10.6. The zero-order valence-electron chi connectivity index (χ0n) is 17.6. The Balaban J connectivity index is 1.34. The van der Waals surface area contributed by atoms with Crippen LogP contribution in [0, 0.1) is 0 Å². The molecule has 2 aromatic rings. The zero-order chi connectivity index (χ0) is 22.5. The number of carbonyl (C=O) groups is 3.